The molecule has 1 aliphatic rings. The smallest absolute Gasteiger partial charge is 0.322 e. The molecular formula is C7H16N8OS2. The van der Waals surface area contributed by atoms with Crippen LogP contribution in [0.1, 0.15) is 0 Å². The van der Waals surface area contributed by atoms with Gasteiger partial charge in [0.25, 0.3) is 0 Å². The summed E-state index contributed by atoms with van der Waals surface area (Å²) in [5.41, 5.74) is 21.5. The highest BCUT2D eigenvalue weighted by atomic mass is 32.1. The second-order valence-electron chi connectivity index (χ2n) is 3.66. The van der Waals surface area contributed by atoms with E-state index in [2.05, 4.69) is 46.1 Å². The van der Waals surface area contributed by atoms with Crippen LogP contribution in [0.4, 0.5) is 4.79 Å². The highest BCUT2D eigenvalue weighted by molar-refractivity contribution is 7.80. The van der Waals surface area contributed by atoms with Crippen LogP contribution in [-0.2, 0) is 0 Å². The largest absolute Gasteiger partial charge is 0.375 e. The quantitative estimate of drug-likeness (QED) is 0.243. The van der Waals surface area contributed by atoms with Gasteiger partial charge >= 0.3 is 6.03 Å². The third-order valence-electron chi connectivity index (χ3n) is 2.42. The van der Waals surface area contributed by atoms with Crippen molar-refractivity contribution in [3.8, 4) is 0 Å². The predicted molar refractivity (Wildman–Crippen MR) is 74.6 cm³/mol. The summed E-state index contributed by atoms with van der Waals surface area (Å²) >= 11 is 9.37. The summed E-state index contributed by atoms with van der Waals surface area (Å²) in [5.74, 6) is 0. The van der Waals surface area contributed by atoms with Gasteiger partial charge in [-0.05, 0) is 24.4 Å². The number of hydrogen-bond acceptors (Lipinski definition) is 5. The molecule has 0 aliphatic carbocycles. The van der Waals surface area contributed by atoms with Crippen molar-refractivity contribution in [2.45, 2.75) is 12.3 Å². The van der Waals surface area contributed by atoms with Crippen molar-refractivity contribution >= 4 is 40.7 Å². The number of hydrogen-bond donors (Lipinski definition) is 6. The summed E-state index contributed by atoms with van der Waals surface area (Å²) < 4.78 is 0. The number of carbonyl (C=O) groups excluding carboxylic acids is 1. The number of nitrogens with two attached hydrogens (primary N) is 2. The van der Waals surface area contributed by atoms with E-state index in [1.807, 2.05) is 0 Å². The van der Waals surface area contributed by atoms with Crippen LogP contribution < -0.4 is 33.2 Å². The Kier molecular flexibility index (Phi) is 4.84. The second kappa shape index (κ2) is 5.95. The van der Waals surface area contributed by atoms with Crippen molar-refractivity contribution in [2.75, 3.05) is 14.1 Å². The van der Waals surface area contributed by atoms with Crippen LogP contribution in [0, 0.1) is 0 Å². The predicted octanol–water partition coefficient (Wildman–Crippen LogP) is -2.69. The molecule has 1 heterocycles. The van der Waals surface area contributed by atoms with E-state index in [0.29, 0.717) is 0 Å². The molecule has 0 radical (unpaired) electrons. The zero-order valence-electron chi connectivity index (χ0n) is 9.93. The SMILES string of the molecule is CN1C(=O)N(C)[C@@H](NNC(N)=S)[C@@H]1NNC(N)=S. The minimum Gasteiger partial charge on any atom is -0.375 e. The van der Waals surface area contributed by atoms with Gasteiger partial charge in [0.2, 0.25) is 0 Å². The Labute approximate surface area is 115 Å². The van der Waals surface area contributed by atoms with Gasteiger partial charge in [0.05, 0.1) is 0 Å². The van der Waals surface area contributed by atoms with Gasteiger partial charge in [-0.15, -0.1) is 0 Å². The van der Waals surface area contributed by atoms with E-state index >= 15 is 0 Å². The van der Waals surface area contributed by atoms with Crippen molar-refractivity contribution in [2.24, 2.45) is 11.5 Å². The van der Waals surface area contributed by atoms with Crippen LogP contribution in [0.3, 0.4) is 0 Å². The molecule has 9 nitrogen and oxygen atoms in total. The Hall–Kier alpha value is -1.43. The minimum atomic E-state index is -0.411. The molecule has 0 aromatic carbocycles. The molecule has 18 heavy (non-hydrogen) atoms. The fourth-order valence-corrected chi connectivity index (χ4v) is 1.67. The van der Waals surface area contributed by atoms with E-state index in [1.165, 1.54) is 9.80 Å². The van der Waals surface area contributed by atoms with Crippen LogP contribution in [0.25, 0.3) is 0 Å². The molecule has 0 saturated carbocycles. The molecule has 0 aromatic heterocycles. The van der Waals surface area contributed by atoms with Crippen LogP contribution in [-0.4, -0.2) is 52.5 Å². The van der Waals surface area contributed by atoms with Crippen LogP contribution >= 0.6 is 24.4 Å². The fraction of sp³-hybridized carbons (Fsp3) is 0.571. The average Bonchev–Trinajstić information content (AvgIpc) is 2.48. The highest BCUT2D eigenvalue weighted by Crippen LogP contribution is 2.14. The summed E-state index contributed by atoms with van der Waals surface area (Å²) in [6.07, 6.45) is -0.823. The van der Waals surface area contributed by atoms with Gasteiger partial charge in [-0.3, -0.25) is 10.9 Å². The molecule has 0 aromatic rings. The molecular weight excluding hydrogens is 276 g/mol. The molecule has 102 valence electrons. The fourth-order valence-electron chi connectivity index (χ4n) is 1.55. The second-order valence-corrected chi connectivity index (χ2v) is 4.54. The number of nitrogens with one attached hydrogen (secondary N) is 4. The van der Waals surface area contributed by atoms with E-state index in [-0.39, 0.29) is 16.3 Å². The van der Waals surface area contributed by atoms with Gasteiger partial charge in [-0.2, -0.15) is 0 Å². The van der Waals surface area contributed by atoms with E-state index < -0.39 is 12.3 Å². The normalized spacial score (nSPS) is 23.1. The first-order chi connectivity index (χ1) is 8.34. The number of urea groups is 1. The number of thiocarbonyl (C=S) groups is 2. The number of amides is 2. The molecule has 0 bridgehead atoms. The van der Waals surface area contributed by atoms with Gasteiger partial charge in [0.1, 0.15) is 12.3 Å². The van der Waals surface area contributed by atoms with Crippen molar-refractivity contribution in [1.29, 1.82) is 0 Å². The van der Waals surface area contributed by atoms with Gasteiger partial charge in [-0.1, -0.05) is 0 Å². The Morgan fingerprint density at radius 2 is 1.39 bits per heavy atom. The molecule has 1 aliphatic heterocycles. The number of hydrazine groups is 2. The Bertz CT molecular complexity index is 331. The molecule has 0 spiro atoms. The number of likely N-dealkylation sites (N-methyl/N-ethyl adjacent to an activating group) is 2. The van der Waals surface area contributed by atoms with Crippen LogP contribution in [0.2, 0.25) is 0 Å². The Balaban J connectivity index is 2.71. The Morgan fingerprint density at radius 3 is 1.67 bits per heavy atom. The van der Waals surface area contributed by atoms with Crippen molar-refractivity contribution in [3.05, 3.63) is 0 Å². The van der Waals surface area contributed by atoms with Gasteiger partial charge in [-0.25, -0.2) is 15.6 Å². The zero-order valence-corrected chi connectivity index (χ0v) is 11.6. The lowest BCUT2D eigenvalue weighted by Crippen LogP contribution is -2.62. The third-order valence-corrected chi connectivity index (χ3v) is 2.63. The number of carbonyl (C=O) groups is 1. The average molecular weight is 292 g/mol. The monoisotopic (exact) mass is 292 g/mol. The summed E-state index contributed by atoms with van der Waals surface area (Å²) in [7, 11) is 3.28. The van der Waals surface area contributed by atoms with Crippen LogP contribution in [0.5, 0.6) is 0 Å². The molecule has 2 atom stereocenters. The maximum absolute atomic E-state index is 11.8. The standard InChI is InChI=1S/C7H16N8OS2/c1-14-3(10-12-5(8)17)4(11-13-6(9)18)15(2)7(14)16/h3-4,10-11H,1-2H3,(H3,8,12,17)(H3,9,13,18)/t3-,4-/m1/s1. The van der Waals surface area contributed by atoms with E-state index in [4.69, 9.17) is 11.5 Å². The third kappa shape index (κ3) is 3.29. The van der Waals surface area contributed by atoms with E-state index in [0.717, 1.165) is 0 Å². The molecule has 8 N–H and O–H groups in total. The lowest BCUT2D eigenvalue weighted by Gasteiger charge is -2.27. The first-order valence-corrected chi connectivity index (χ1v) is 5.77. The highest BCUT2D eigenvalue weighted by Gasteiger charge is 2.41. The topological polar surface area (TPSA) is 124 Å². The lowest BCUT2D eigenvalue weighted by atomic mass is 10.4. The summed E-state index contributed by atoms with van der Waals surface area (Å²) in [5, 5.41) is 0.151. The maximum Gasteiger partial charge on any atom is 0.322 e. The first kappa shape index (κ1) is 14.6. The van der Waals surface area contributed by atoms with Gasteiger partial charge < -0.3 is 21.3 Å². The summed E-state index contributed by atoms with van der Waals surface area (Å²) in [6, 6.07) is -0.181. The molecule has 2 amide bonds. The zero-order chi connectivity index (χ0) is 13.9. The molecule has 1 rings (SSSR count). The number of nitrogens with zero attached hydrogens (tertiary/aromatic N) is 2. The van der Waals surface area contributed by atoms with Crippen molar-refractivity contribution in [3.63, 3.8) is 0 Å². The maximum atomic E-state index is 11.8. The van der Waals surface area contributed by atoms with Crippen molar-refractivity contribution < 1.29 is 4.79 Å². The molecule has 1 fully saturated rings. The van der Waals surface area contributed by atoms with E-state index in [1.54, 1.807) is 14.1 Å². The first-order valence-electron chi connectivity index (χ1n) is 4.96. The van der Waals surface area contributed by atoms with Gasteiger partial charge in [0.15, 0.2) is 10.2 Å². The number of rotatable bonds is 4. The van der Waals surface area contributed by atoms with Crippen LogP contribution in [0.15, 0.2) is 0 Å². The Morgan fingerprint density at radius 1 is 1.06 bits per heavy atom. The lowest BCUT2D eigenvalue weighted by molar-refractivity contribution is 0.196. The van der Waals surface area contributed by atoms with E-state index in [9.17, 15) is 4.79 Å². The van der Waals surface area contributed by atoms with Gasteiger partial charge in [0, 0.05) is 14.1 Å². The minimum absolute atomic E-state index is 0.0754. The molecule has 0 unspecified atom stereocenters. The van der Waals surface area contributed by atoms with Crippen molar-refractivity contribution in [1.82, 2.24) is 31.5 Å². The molecule has 1 saturated heterocycles. The molecule has 11 heteroatoms. The summed E-state index contributed by atoms with van der Waals surface area (Å²) in [6.45, 7) is 0. The summed E-state index contributed by atoms with van der Waals surface area (Å²) in [4.78, 5) is 14.8.